The van der Waals surface area contributed by atoms with Gasteiger partial charge in [0.05, 0.1) is 6.61 Å². The van der Waals surface area contributed by atoms with Crippen molar-refractivity contribution < 1.29 is 23.8 Å². The lowest BCUT2D eigenvalue weighted by Gasteiger charge is -2.18. The Bertz CT molecular complexity index is 1020. The molecule has 0 spiro atoms. The van der Waals surface area contributed by atoms with Crippen molar-refractivity contribution in [3.05, 3.63) is 36.5 Å². The predicted octanol–water partition coefficient (Wildman–Crippen LogP) is 19.4. The molecule has 1 unspecified atom stereocenters. The molecule has 1 atom stereocenters. The SMILES string of the molecule is CCCCC/C=C\C/C=C\CCCCCCCCCCCC(=O)OCC(COCCCCCCCCCCCC/C=C\CCCCCCCC)OC(=O)CCCCCCCCCCC. The van der Waals surface area contributed by atoms with Crippen molar-refractivity contribution >= 4 is 11.9 Å². The zero-order valence-electron chi connectivity index (χ0n) is 43.3. The lowest BCUT2D eigenvalue weighted by molar-refractivity contribution is -0.163. The van der Waals surface area contributed by atoms with Crippen LogP contribution in [0.1, 0.15) is 303 Å². The molecule has 0 aliphatic heterocycles. The molecule has 0 aromatic rings. The van der Waals surface area contributed by atoms with E-state index >= 15 is 0 Å². The molecule has 0 fully saturated rings. The molecule has 0 N–H and O–H groups in total. The fourth-order valence-corrected chi connectivity index (χ4v) is 8.36. The van der Waals surface area contributed by atoms with Crippen LogP contribution in [0.2, 0.25) is 0 Å². The van der Waals surface area contributed by atoms with Gasteiger partial charge in [-0.05, 0) is 77.0 Å². The van der Waals surface area contributed by atoms with Gasteiger partial charge in [0.25, 0.3) is 0 Å². The first-order valence-corrected chi connectivity index (χ1v) is 28.5. The van der Waals surface area contributed by atoms with Crippen molar-refractivity contribution in [1.29, 1.82) is 0 Å². The van der Waals surface area contributed by atoms with Crippen molar-refractivity contribution in [3.63, 3.8) is 0 Å². The number of hydrogen-bond acceptors (Lipinski definition) is 5. The molecule has 0 rings (SSSR count). The second-order valence-electron chi connectivity index (χ2n) is 19.2. The Morgan fingerprint density at radius 3 is 1.08 bits per heavy atom. The van der Waals surface area contributed by atoms with Gasteiger partial charge < -0.3 is 14.2 Å². The molecule has 0 aromatic carbocycles. The van der Waals surface area contributed by atoms with Crippen LogP contribution in [0.3, 0.4) is 0 Å². The van der Waals surface area contributed by atoms with Crippen LogP contribution in [-0.4, -0.2) is 37.9 Å². The van der Waals surface area contributed by atoms with Crippen LogP contribution >= 0.6 is 0 Å². The first-order chi connectivity index (χ1) is 31.6. The van der Waals surface area contributed by atoms with E-state index in [1.165, 1.54) is 231 Å². The summed E-state index contributed by atoms with van der Waals surface area (Å²) in [5.74, 6) is -0.389. The molecule has 0 radical (unpaired) electrons. The Balaban J connectivity index is 4.12. The van der Waals surface area contributed by atoms with E-state index in [0.29, 0.717) is 26.1 Å². The summed E-state index contributed by atoms with van der Waals surface area (Å²) in [4.78, 5) is 25.4. The molecule has 0 amide bonds. The highest BCUT2D eigenvalue weighted by Gasteiger charge is 2.17. The minimum absolute atomic E-state index is 0.0876. The molecule has 0 aromatic heterocycles. The number of esters is 2. The molecule has 5 nitrogen and oxygen atoms in total. The number of carbonyl (C=O) groups excluding carboxylic acids is 2. The van der Waals surface area contributed by atoms with Gasteiger partial charge in [-0.25, -0.2) is 0 Å². The number of rotatable bonds is 53. The van der Waals surface area contributed by atoms with Crippen LogP contribution in [0.4, 0.5) is 0 Å². The van der Waals surface area contributed by atoms with Crippen molar-refractivity contribution in [2.24, 2.45) is 0 Å². The molecule has 0 saturated heterocycles. The van der Waals surface area contributed by atoms with E-state index in [1.807, 2.05) is 0 Å². The van der Waals surface area contributed by atoms with Crippen LogP contribution in [0.15, 0.2) is 36.5 Å². The Hall–Kier alpha value is -1.88. The molecule has 5 heteroatoms. The van der Waals surface area contributed by atoms with Crippen molar-refractivity contribution in [2.45, 2.75) is 309 Å². The molecule has 376 valence electrons. The van der Waals surface area contributed by atoms with Crippen molar-refractivity contribution in [2.75, 3.05) is 19.8 Å². The van der Waals surface area contributed by atoms with Gasteiger partial charge in [0.2, 0.25) is 0 Å². The summed E-state index contributed by atoms with van der Waals surface area (Å²) in [5.41, 5.74) is 0. The summed E-state index contributed by atoms with van der Waals surface area (Å²) in [6.45, 7) is 7.83. The molecule has 0 bridgehead atoms. The van der Waals surface area contributed by atoms with E-state index < -0.39 is 6.10 Å². The zero-order valence-corrected chi connectivity index (χ0v) is 43.3. The van der Waals surface area contributed by atoms with Gasteiger partial charge in [-0.1, -0.05) is 250 Å². The van der Waals surface area contributed by atoms with Gasteiger partial charge >= 0.3 is 11.9 Å². The normalized spacial score (nSPS) is 12.4. The Morgan fingerprint density at radius 1 is 0.344 bits per heavy atom. The topological polar surface area (TPSA) is 61.8 Å². The van der Waals surface area contributed by atoms with E-state index in [1.54, 1.807) is 0 Å². The maximum absolute atomic E-state index is 12.8. The second kappa shape index (κ2) is 55.4. The number of ether oxygens (including phenoxy) is 3. The number of hydrogen-bond donors (Lipinski definition) is 0. The molecular formula is C59H110O5. The van der Waals surface area contributed by atoms with Crippen LogP contribution in [0.5, 0.6) is 0 Å². The summed E-state index contributed by atoms with van der Waals surface area (Å²) in [6.07, 6.45) is 67.4. The summed E-state index contributed by atoms with van der Waals surface area (Å²) >= 11 is 0. The Morgan fingerprint density at radius 2 is 0.656 bits per heavy atom. The first-order valence-electron chi connectivity index (χ1n) is 28.5. The van der Waals surface area contributed by atoms with Gasteiger partial charge in [-0.2, -0.15) is 0 Å². The van der Waals surface area contributed by atoms with Crippen molar-refractivity contribution in [3.8, 4) is 0 Å². The fraction of sp³-hybridized carbons (Fsp3) is 0.864. The lowest BCUT2D eigenvalue weighted by atomic mass is 10.1. The number of allylic oxidation sites excluding steroid dienone is 6. The highest BCUT2D eigenvalue weighted by atomic mass is 16.6. The second-order valence-corrected chi connectivity index (χ2v) is 19.2. The number of unbranched alkanes of at least 4 members (excludes halogenated alkanes) is 36. The van der Waals surface area contributed by atoms with Gasteiger partial charge in [0.1, 0.15) is 6.61 Å². The third-order valence-corrected chi connectivity index (χ3v) is 12.6. The summed E-state index contributed by atoms with van der Waals surface area (Å²) in [6, 6.07) is 0. The highest BCUT2D eigenvalue weighted by Crippen LogP contribution is 2.16. The van der Waals surface area contributed by atoms with E-state index in [0.717, 1.165) is 38.5 Å². The van der Waals surface area contributed by atoms with Gasteiger partial charge in [-0.15, -0.1) is 0 Å². The maximum Gasteiger partial charge on any atom is 0.306 e. The third kappa shape index (κ3) is 52.7. The summed E-state index contributed by atoms with van der Waals surface area (Å²) in [5, 5.41) is 0. The quantitative estimate of drug-likeness (QED) is 0.0346. The van der Waals surface area contributed by atoms with Crippen LogP contribution in [0.25, 0.3) is 0 Å². The minimum atomic E-state index is -0.533. The lowest BCUT2D eigenvalue weighted by Crippen LogP contribution is -2.30. The van der Waals surface area contributed by atoms with E-state index in [-0.39, 0.29) is 18.5 Å². The predicted molar refractivity (Wildman–Crippen MR) is 279 cm³/mol. The first kappa shape index (κ1) is 62.1. The van der Waals surface area contributed by atoms with E-state index in [2.05, 4.69) is 57.2 Å². The standard InChI is InChI=1S/C59H110O5/c1-4-7-10-13-16-19-21-23-25-27-29-31-33-35-37-39-42-45-48-51-54-62-55-57(64-59(61)53-50-47-44-40-18-15-12-9-6-3)56-63-58(60)52-49-46-43-41-38-36-34-32-30-28-26-24-22-20-17-14-11-8-5-2/h17,20,23-26,57H,4-16,18-19,21-22,27-56H2,1-3H3/b20-17-,25-23-,26-24-. The molecule has 0 heterocycles. The third-order valence-electron chi connectivity index (χ3n) is 12.6. The highest BCUT2D eigenvalue weighted by molar-refractivity contribution is 5.70. The molecule has 0 aliphatic rings. The molecule has 64 heavy (non-hydrogen) atoms. The van der Waals surface area contributed by atoms with Gasteiger partial charge in [0, 0.05) is 19.4 Å². The zero-order chi connectivity index (χ0) is 46.3. The van der Waals surface area contributed by atoms with Crippen LogP contribution in [0, 0.1) is 0 Å². The van der Waals surface area contributed by atoms with E-state index in [9.17, 15) is 9.59 Å². The molecule has 0 aliphatic carbocycles. The van der Waals surface area contributed by atoms with Gasteiger partial charge in [0.15, 0.2) is 6.10 Å². The van der Waals surface area contributed by atoms with Gasteiger partial charge in [-0.3, -0.25) is 9.59 Å². The monoisotopic (exact) mass is 899 g/mol. The number of carbonyl (C=O) groups is 2. The largest absolute Gasteiger partial charge is 0.462 e. The average Bonchev–Trinajstić information content (AvgIpc) is 3.30. The van der Waals surface area contributed by atoms with Crippen LogP contribution < -0.4 is 0 Å². The Labute approximate surface area is 400 Å². The molecular weight excluding hydrogens is 789 g/mol. The van der Waals surface area contributed by atoms with Crippen LogP contribution in [-0.2, 0) is 23.8 Å². The average molecular weight is 900 g/mol. The Kier molecular flexibility index (Phi) is 53.8. The van der Waals surface area contributed by atoms with Crippen molar-refractivity contribution in [1.82, 2.24) is 0 Å². The smallest absolute Gasteiger partial charge is 0.306 e. The molecule has 0 saturated carbocycles. The maximum atomic E-state index is 12.8. The fourth-order valence-electron chi connectivity index (χ4n) is 8.36. The minimum Gasteiger partial charge on any atom is -0.462 e. The summed E-state index contributed by atoms with van der Waals surface area (Å²) in [7, 11) is 0. The summed E-state index contributed by atoms with van der Waals surface area (Å²) < 4.78 is 17.4. The van der Waals surface area contributed by atoms with E-state index in [4.69, 9.17) is 14.2 Å².